The van der Waals surface area contributed by atoms with Crippen LogP contribution in [-0.2, 0) is 4.79 Å². The Labute approximate surface area is 160 Å². The van der Waals surface area contributed by atoms with Crippen molar-refractivity contribution in [1.82, 2.24) is 20.5 Å². The molecule has 2 fully saturated rings. The topological polar surface area (TPSA) is 80.2 Å². The van der Waals surface area contributed by atoms with E-state index in [1.807, 2.05) is 35.8 Å². The van der Waals surface area contributed by atoms with Crippen LogP contribution in [0.1, 0.15) is 12.8 Å². The predicted octanol–water partition coefficient (Wildman–Crippen LogP) is 2.25. The van der Waals surface area contributed by atoms with Crippen molar-refractivity contribution < 1.29 is 9.53 Å². The van der Waals surface area contributed by atoms with Crippen LogP contribution in [0.5, 0.6) is 5.75 Å². The summed E-state index contributed by atoms with van der Waals surface area (Å²) in [4.78, 5) is 18.9. The lowest BCUT2D eigenvalue weighted by Gasteiger charge is -2.42. The quantitative estimate of drug-likeness (QED) is 0.730. The van der Waals surface area contributed by atoms with Gasteiger partial charge in [-0.2, -0.15) is 5.10 Å². The smallest absolute Gasteiger partial charge is 0.223 e. The molecule has 1 saturated carbocycles. The number of fused-ring (bicyclic) bond motifs is 1. The Morgan fingerprint density at radius 1 is 1.22 bits per heavy atom. The number of thiazole rings is 1. The average Bonchev–Trinajstić information content (AvgIpc) is 3.10. The Balaban J connectivity index is 1.09. The summed E-state index contributed by atoms with van der Waals surface area (Å²) in [6.45, 7) is 1.56. The lowest BCUT2D eigenvalue weighted by molar-refractivity contribution is -0.131. The van der Waals surface area contributed by atoms with Gasteiger partial charge in [-0.3, -0.25) is 4.79 Å². The van der Waals surface area contributed by atoms with Crippen molar-refractivity contribution in [2.75, 3.05) is 18.0 Å². The molecule has 0 radical (unpaired) electrons. The summed E-state index contributed by atoms with van der Waals surface area (Å²) in [6, 6.07) is 9.96. The van der Waals surface area contributed by atoms with Gasteiger partial charge in [0, 0.05) is 25.2 Å². The highest BCUT2D eigenvalue weighted by Gasteiger charge is 2.38. The summed E-state index contributed by atoms with van der Waals surface area (Å²) >= 11 is 1.61. The molecule has 2 aromatic heterocycles. The monoisotopic (exact) mass is 381 g/mol. The fourth-order valence-corrected chi connectivity index (χ4v) is 4.24. The van der Waals surface area contributed by atoms with Crippen LogP contribution in [0.2, 0.25) is 0 Å². The number of para-hydroxylation sites is 1. The fraction of sp³-hybridized carbons (Fsp3) is 0.368. The van der Waals surface area contributed by atoms with Gasteiger partial charge in [-0.1, -0.05) is 6.07 Å². The molecule has 0 spiro atoms. The molecule has 0 atom stereocenters. The van der Waals surface area contributed by atoms with E-state index in [9.17, 15) is 4.79 Å². The Morgan fingerprint density at radius 3 is 2.93 bits per heavy atom. The van der Waals surface area contributed by atoms with Crippen LogP contribution >= 0.6 is 11.3 Å². The van der Waals surface area contributed by atoms with Gasteiger partial charge in [-0.15, -0.1) is 16.4 Å². The van der Waals surface area contributed by atoms with Crippen LogP contribution < -0.4 is 15.0 Å². The minimum absolute atomic E-state index is 0.0372. The molecule has 1 saturated heterocycles. The molecule has 3 heterocycles. The maximum absolute atomic E-state index is 12.4. The van der Waals surface area contributed by atoms with E-state index < -0.39 is 0 Å². The molecule has 27 heavy (non-hydrogen) atoms. The molecule has 138 valence electrons. The number of carbonyl (C=O) groups excluding carboxylic acids is 1. The van der Waals surface area contributed by atoms with Crippen molar-refractivity contribution in [2.24, 2.45) is 5.92 Å². The third-order valence-corrected chi connectivity index (χ3v) is 5.99. The molecule has 1 N–H and O–H groups in total. The minimum atomic E-state index is 0.0372. The molecule has 3 aromatic rings. The van der Waals surface area contributed by atoms with Gasteiger partial charge in [0.2, 0.25) is 5.91 Å². The Hall–Kier alpha value is -2.74. The maximum Gasteiger partial charge on any atom is 0.223 e. The zero-order chi connectivity index (χ0) is 18.2. The lowest BCUT2D eigenvalue weighted by atomic mass is 9.81. The number of aromatic nitrogens is 3. The number of amides is 1. The van der Waals surface area contributed by atoms with Gasteiger partial charge in [0.25, 0.3) is 0 Å². The summed E-state index contributed by atoms with van der Waals surface area (Å²) in [7, 11) is 0. The van der Waals surface area contributed by atoms with Crippen molar-refractivity contribution in [3.8, 4) is 5.75 Å². The molecule has 7 nitrogen and oxygen atoms in total. The number of nitrogens with zero attached hydrogens (tertiary/aromatic N) is 4. The second-order valence-corrected chi connectivity index (χ2v) is 7.94. The second kappa shape index (κ2) is 6.77. The van der Waals surface area contributed by atoms with Crippen LogP contribution in [-0.4, -0.2) is 46.3 Å². The number of benzene rings is 1. The first-order valence-electron chi connectivity index (χ1n) is 9.08. The zero-order valence-corrected chi connectivity index (χ0v) is 15.4. The number of anilines is 1. The molecule has 1 aliphatic carbocycles. The molecule has 1 aliphatic heterocycles. The molecule has 8 heteroatoms. The molecule has 1 aromatic carbocycles. The number of carbonyl (C=O) groups is 1. The van der Waals surface area contributed by atoms with Crippen molar-refractivity contribution in [3.05, 3.63) is 42.0 Å². The first-order chi connectivity index (χ1) is 13.3. The Kier molecular flexibility index (Phi) is 4.12. The van der Waals surface area contributed by atoms with Crippen molar-refractivity contribution >= 4 is 33.3 Å². The highest BCUT2D eigenvalue weighted by molar-refractivity contribution is 7.16. The van der Waals surface area contributed by atoms with Crippen LogP contribution in [0.3, 0.4) is 0 Å². The molecule has 0 bridgehead atoms. The van der Waals surface area contributed by atoms with Gasteiger partial charge >= 0.3 is 0 Å². The molecular formula is C19H19N5O2S. The van der Waals surface area contributed by atoms with E-state index in [0.29, 0.717) is 0 Å². The number of hydrogen-bond donors (Lipinski definition) is 1. The first kappa shape index (κ1) is 16.4. The fourth-order valence-electron chi connectivity index (χ4n) is 3.55. The first-order valence-corrected chi connectivity index (χ1v) is 9.96. The summed E-state index contributed by atoms with van der Waals surface area (Å²) in [5, 5.41) is 11.1. The molecule has 1 amide bonds. The highest BCUT2D eigenvalue weighted by Crippen LogP contribution is 2.35. The minimum Gasteiger partial charge on any atom is -0.488 e. The number of nitrogens with one attached hydrogen (secondary N) is 1. The largest absolute Gasteiger partial charge is 0.488 e. The van der Waals surface area contributed by atoms with Crippen LogP contribution in [0.15, 0.2) is 42.0 Å². The standard InChI is InChI=1S/C19H19N5O2S/c25-19(22-13-9-24(10-13)17-5-2-6-21-23-17)12-7-14(8-12)26-15-3-1-4-16-18(15)20-11-27-16/h1-6,11-14H,7-10H2,(H,22,25). The van der Waals surface area contributed by atoms with E-state index >= 15 is 0 Å². The second-order valence-electron chi connectivity index (χ2n) is 7.06. The summed E-state index contributed by atoms with van der Waals surface area (Å²) in [5.74, 6) is 1.84. The molecule has 5 rings (SSSR count). The van der Waals surface area contributed by atoms with Gasteiger partial charge in [0.05, 0.1) is 16.3 Å². The van der Waals surface area contributed by atoms with Crippen molar-refractivity contribution in [3.63, 3.8) is 0 Å². The van der Waals surface area contributed by atoms with Crippen LogP contribution in [0, 0.1) is 5.92 Å². The molecular weight excluding hydrogens is 362 g/mol. The summed E-state index contributed by atoms with van der Waals surface area (Å²) in [5.41, 5.74) is 2.74. The van der Waals surface area contributed by atoms with E-state index in [1.165, 1.54) is 0 Å². The van der Waals surface area contributed by atoms with E-state index in [4.69, 9.17) is 4.74 Å². The number of ether oxygens (including phenoxy) is 1. The van der Waals surface area contributed by atoms with Gasteiger partial charge in [0.1, 0.15) is 17.4 Å². The molecule has 2 aliphatic rings. The van der Waals surface area contributed by atoms with Crippen LogP contribution in [0.4, 0.5) is 5.82 Å². The van der Waals surface area contributed by atoms with Crippen molar-refractivity contribution in [2.45, 2.75) is 25.0 Å². The van der Waals surface area contributed by atoms with E-state index in [0.717, 1.165) is 47.7 Å². The third kappa shape index (κ3) is 3.21. The zero-order valence-electron chi connectivity index (χ0n) is 14.6. The lowest BCUT2D eigenvalue weighted by Crippen LogP contribution is -2.61. The van der Waals surface area contributed by atoms with Crippen LogP contribution in [0.25, 0.3) is 10.2 Å². The summed E-state index contributed by atoms with van der Waals surface area (Å²) < 4.78 is 7.19. The number of hydrogen-bond acceptors (Lipinski definition) is 7. The molecule has 0 unspecified atom stereocenters. The van der Waals surface area contributed by atoms with E-state index in [2.05, 4.69) is 25.4 Å². The normalized spacial score (nSPS) is 22.1. The maximum atomic E-state index is 12.4. The van der Waals surface area contributed by atoms with Gasteiger partial charge in [-0.25, -0.2) is 4.98 Å². The van der Waals surface area contributed by atoms with Gasteiger partial charge < -0.3 is 15.0 Å². The van der Waals surface area contributed by atoms with Gasteiger partial charge in [-0.05, 0) is 37.1 Å². The van der Waals surface area contributed by atoms with E-state index in [1.54, 1.807) is 17.5 Å². The highest BCUT2D eigenvalue weighted by atomic mass is 32.1. The van der Waals surface area contributed by atoms with E-state index in [-0.39, 0.29) is 24.0 Å². The summed E-state index contributed by atoms with van der Waals surface area (Å²) in [6.07, 6.45) is 3.26. The SMILES string of the molecule is O=C(NC1CN(c2cccnn2)C1)C1CC(Oc2cccc3scnc23)C1. The number of rotatable bonds is 5. The van der Waals surface area contributed by atoms with Gasteiger partial charge in [0.15, 0.2) is 5.82 Å². The Morgan fingerprint density at radius 2 is 2.11 bits per heavy atom. The predicted molar refractivity (Wildman–Crippen MR) is 103 cm³/mol. The third-order valence-electron chi connectivity index (χ3n) is 5.19. The van der Waals surface area contributed by atoms with Crippen molar-refractivity contribution in [1.29, 1.82) is 0 Å². The Bertz CT molecular complexity index is 951. The average molecular weight is 381 g/mol.